The number of nitrogens with zero attached hydrogens (tertiary/aromatic N) is 2. The van der Waals surface area contributed by atoms with E-state index in [-0.39, 0.29) is 5.91 Å². The van der Waals surface area contributed by atoms with E-state index in [1.165, 1.54) is 5.56 Å². The van der Waals surface area contributed by atoms with Crippen LogP contribution in [0, 0.1) is 6.92 Å². The number of nitrogens with one attached hydrogen (secondary N) is 1. The van der Waals surface area contributed by atoms with E-state index in [0.29, 0.717) is 28.9 Å². The standard InChI is InChI=1S/C19H17N3O2S/c1-3-12-24-16-10-8-15(9-11-16)18(23)21-19-20-17(22-25-19)14-6-4-13(2)5-7-14/h3-11H,1,12H2,2H3,(H,20,21,22,23). The van der Waals surface area contributed by atoms with Gasteiger partial charge in [-0.1, -0.05) is 42.5 Å². The molecule has 0 atom stereocenters. The number of hydrogen-bond donors (Lipinski definition) is 1. The lowest BCUT2D eigenvalue weighted by atomic mass is 10.1. The number of ether oxygens (including phenoxy) is 1. The highest BCUT2D eigenvalue weighted by Crippen LogP contribution is 2.22. The molecule has 0 spiro atoms. The van der Waals surface area contributed by atoms with Gasteiger partial charge in [0.05, 0.1) is 0 Å². The molecule has 6 heteroatoms. The van der Waals surface area contributed by atoms with Crippen molar-refractivity contribution >= 4 is 22.6 Å². The van der Waals surface area contributed by atoms with Crippen LogP contribution in [0.1, 0.15) is 15.9 Å². The first kappa shape index (κ1) is 16.9. The topological polar surface area (TPSA) is 64.1 Å². The Morgan fingerprint density at radius 3 is 2.60 bits per heavy atom. The second-order valence-electron chi connectivity index (χ2n) is 5.37. The number of amides is 1. The highest BCUT2D eigenvalue weighted by Gasteiger charge is 2.11. The Hall–Kier alpha value is -2.99. The number of rotatable bonds is 6. The van der Waals surface area contributed by atoms with Crippen molar-refractivity contribution in [3.8, 4) is 17.1 Å². The molecular formula is C19H17N3O2S. The van der Waals surface area contributed by atoms with Crippen molar-refractivity contribution < 1.29 is 9.53 Å². The number of carbonyl (C=O) groups is 1. The van der Waals surface area contributed by atoms with Crippen LogP contribution < -0.4 is 10.1 Å². The molecule has 1 amide bonds. The lowest BCUT2D eigenvalue weighted by Gasteiger charge is -2.04. The first-order valence-electron chi connectivity index (χ1n) is 7.71. The van der Waals surface area contributed by atoms with E-state index in [2.05, 4.69) is 21.3 Å². The molecule has 1 N–H and O–H groups in total. The van der Waals surface area contributed by atoms with Gasteiger partial charge < -0.3 is 4.74 Å². The second kappa shape index (κ2) is 7.72. The van der Waals surface area contributed by atoms with E-state index < -0.39 is 0 Å². The smallest absolute Gasteiger partial charge is 0.257 e. The molecule has 3 rings (SSSR count). The molecule has 0 unspecified atom stereocenters. The summed E-state index contributed by atoms with van der Waals surface area (Å²) in [5.41, 5.74) is 2.62. The molecule has 5 nitrogen and oxygen atoms in total. The minimum Gasteiger partial charge on any atom is -0.490 e. The SMILES string of the molecule is C=CCOc1ccc(C(=O)Nc2nc(-c3ccc(C)cc3)ns2)cc1. The van der Waals surface area contributed by atoms with Crippen molar-refractivity contribution in [2.45, 2.75) is 6.92 Å². The van der Waals surface area contributed by atoms with Crippen LogP contribution in [0.3, 0.4) is 0 Å². The van der Waals surface area contributed by atoms with Gasteiger partial charge in [0.15, 0.2) is 5.82 Å². The molecule has 0 saturated carbocycles. The largest absolute Gasteiger partial charge is 0.490 e. The predicted molar refractivity (Wildman–Crippen MR) is 100 cm³/mol. The van der Waals surface area contributed by atoms with Crippen LogP contribution in [-0.2, 0) is 0 Å². The summed E-state index contributed by atoms with van der Waals surface area (Å²) in [5, 5.41) is 3.24. The lowest BCUT2D eigenvalue weighted by molar-refractivity contribution is 0.102. The zero-order valence-corrected chi connectivity index (χ0v) is 14.5. The molecule has 0 radical (unpaired) electrons. The van der Waals surface area contributed by atoms with E-state index in [4.69, 9.17) is 4.74 Å². The van der Waals surface area contributed by atoms with Crippen molar-refractivity contribution in [2.75, 3.05) is 11.9 Å². The van der Waals surface area contributed by atoms with Crippen LogP contribution in [0.4, 0.5) is 5.13 Å². The minimum absolute atomic E-state index is 0.234. The third-order valence-electron chi connectivity index (χ3n) is 3.44. The highest BCUT2D eigenvalue weighted by molar-refractivity contribution is 7.10. The molecule has 0 aliphatic heterocycles. The molecular weight excluding hydrogens is 334 g/mol. The summed E-state index contributed by atoms with van der Waals surface area (Å²) < 4.78 is 9.70. The fourth-order valence-electron chi connectivity index (χ4n) is 2.12. The summed E-state index contributed by atoms with van der Waals surface area (Å²) in [6.45, 7) is 6.05. The number of carbonyl (C=O) groups excluding carboxylic acids is 1. The maximum atomic E-state index is 12.3. The highest BCUT2D eigenvalue weighted by atomic mass is 32.1. The van der Waals surface area contributed by atoms with Crippen LogP contribution in [0.15, 0.2) is 61.2 Å². The molecule has 1 heterocycles. The summed E-state index contributed by atoms with van der Waals surface area (Å²) in [7, 11) is 0. The fraction of sp³-hybridized carbons (Fsp3) is 0.105. The summed E-state index contributed by atoms with van der Waals surface area (Å²) in [5.74, 6) is 1.06. The maximum absolute atomic E-state index is 12.3. The van der Waals surface area contributed by atoms with Crippen molar-refractivity contribution in [3.63, 3.8) is 0 Å². The van der Waals surface area contributed by atoms with Gasteiger partial charge in [-0.15, -0.1) is 0 Å². The van der Waals surface area contributed by atoms with Gasteiger partial charge in [-0.25, -0.2) is 0 Å². The predicted octanol–water partition coefficient (Wildman–Crippen LogP) is 4.33. The van der Waals surface area contributed by atoms with E-state index in [9.17, 15) is 4.79 Å². The zero-order valence-electron chi connectivity index (χ0n) is 13.7. The Morgan fingerprint density at radius 2 is 1.92 bits per heavy atom. The number of aryl methyl sites for hydroxylation is 1. The van der Waals surface area contributed by atoms with E-state index >= 15 is 0 Å². The van der Waals surface area contributed by atoms with Crippen LogP contribution in [0.2, 0.25) is 0 Å². The Kier molecular flexibility index (Phi) is 5.20. The Morgan fingerprint density at radius 1 is 1.20 bits per heavy atom. The quantitative estimate of drug-likeness (QED) is 0.671. The summed E-state index contributed by atoms with van der Waals surface area (Å²) in [4.78, 5) is 16.7. The number of aromatic nitrogens is 2. The van der Waals surface area contributed by atoms with Gasteiger partial charge in [-0.05, 0) is 31.2 Å². The van der Waals surface area contributed by atoms with Gasteiger partial charge in [-0.3, -0.25) is 10.1 Å². The monoisotopic (exact) mass is 351 g/mol. The Bertz CT molecular complexity index is 870. The summed E-state index contributed by atoms with van der Waals surface area (Å²) in [6.07, 6.45) is 1.67. The maximum Gasteiger partial charge on any atom is 0.257 e. The molecule has 0 fully saturated rings. The molecule has 1 aromatic heterocycles. The number of hydrogen-bond acceptors (Lipinski definition) is 5. The zero-order chi connectivity index (χ0) is 17.6. The van der Waals surface area contributed by atoms with Gasteiger partial charge in [0, 0.05) is 22.7 Å². The fourth-order valence-corrected chi connectivity index (χ4v) is 2.71. The average molecular weight is 351 g/mol. The first-order chi connectivity index (χ1) is 12.2. The Labute approximate surface area is 150 Å². The van der Waals surface area contributed by atoms with Crippen LogP contribution in [0.25, 0.3) is 11.4 Å². The normalized spacial score (nSPS) is 10.3. The molecule has 25 heavy (non-hydrogen) atoms. The molecule has 2 aromatic carbocycles. The first-order valence-corrected chi connectivity index (χ1v) is 8.49. The van der Waals surface area contributed by atoms with Gasteiger partial charge >= 0.3 is 0 Å². The van der Waals surface area contributed by atoms with Crippen LogP contribution >= 0.6 is 11.5 Å². The Balaban J connectivity index is 1.67. The number of benzene rings is 2. The van der Waals surface area contributed by atoms with Gasteiger partial charge in [0.1, 0.15) is 12.4 Å². The third-order valence-corrected chi connectivity index (χ3v) is 4.07. The molecule has 0 bridgehead atoms. The van der Waals surface area contributed by atoms with E-state index in [0.717, 1.165) is 17.1 Å². The van der Waals surface area contributed by atoms with E-state index in [1.54, 1.807) is 30.3 Å². The van der Waals surface area contributed by atoms with Gasteiger partial charge in [0.2, 0.25) is 5.13 Å². The van der Waals surface area contributed by atoms with Crippen molar-refractivity contribution in [3.05, 3.63) is 72.3 Å². The third kappa shape index (κ3) is 4.30. The van der Waals surface area contributed by atoms with Crippen LogP contribution in [0.5, 0.6) is 5.75 Å². The average Bonchev–Trinajstić information content (AvgIpc) is 3.09. The summed E-state index contributed by atoms with van der Waals surface area (Å²) >= 11 is 1.16. The second-order valence-corrected chi connectivity index (χ2v) is 6.12. The molecule has 0 aliphatic rings. The van der Waals surface area contributed by atoms with E-state index in [1.807, 2.05) is 31.2 Å². The van der Waals surface area contributed by atoms with Crippen LogP contribution in [-0.4, -0.2) is 21.9 Å². The van der Waals surface area contributed by atoms with Gasteiger partial charge in [0.25, 0.3) is 5.91 Å². The molecule has 3 aromatic rings. The lowest BCUT2D eigenvalue weighted by Crippen LogP contribution is -2.11. The molecule has 126 valence electrons. The van der Waals surface area contributed by atoms with Crippen molar-refractivity contribution in [2.24, 2.45) is 0 Å². The number of anilines is 1. The van der Waals surface area contributed by atoms with Crippen molar-refractivity contribution in [1.82, 2.24) is 9.36 Å². The molecule has 0 saturated heterocycles. The van der Waals surface area contributed by atoms with Crippen molar-refractivity contribution in [1.29, 1.82) is 0 Å². The minimum atomic E-state index is -0.234. The summed E-state index contributed by atoms with van der Waals surface area (Å²) in [6, 6.07) is 14.8. The molecule has 0 aliphatic carbocycles. The van der Waals surface area contributed by atoms with Gasteiger partial charge in [-0.2, -0.15) is 9.36 Å².